The molecule has 0 heterocycles. The second kappa shape index (κ2) is 6.46. The highest BCUT2D eigenvalue weighted by Gasteiger charge is 2.24. The number of halogens is 1. The highest BCUT2D eigenvalue weighted by molar-refractivity contribution is 6.30. The molecular formula is C15H23ClN2O2. The molecule has 0 unspecified atom stereocenters. The predicted octanol–water partition coefficient (Wildman–Crippen LogP) is 3.66. The molecule has 0 radical (unpaired) electrons. The lowest BCUT2D eigenvalue weighted by Gasteiger charge is -2.32. The maximum Gasteiger partial charge on any atom is 0.322 e. The molecule has 0 spiro atoms. The van der Waals surface area contributed by atoms with Gasteiger partial charge in [-0.15, -0.1) is 0 Å². The van der Waals surface area contributed by atoms with Crippen LogP contribution in [0.4, 0.5) is 10.5 Å². The van der Waals surface area contributed by atoms with E-state index in [1.165, 1.54) is 0 Å². The highest BCUT2D eigenvalue weighted by Crippen LogP contribution is 2.20. The van der Waals surface area contributed by atoms with Gasteiger partial charge in [0.25, 0.3) is 0 Å². The van der Waals surface area contributed by atoms with Crippen LogP contribution in [-0.2, 0) is 0 Å². The summed E-state index contributed by atoms with van der Waals surface area (Å²) in [6.45, 7) is 9.35. The third kappa shape index (κ3) is 5.02. The van der Waals surface area contributed by atoms with E-state index >= 15 is 0 Å². The number of hydrogen-bond acceptors (Lipinski definition) is 2. The Hall–Kier alpha value is -1.26. The lowest BCUT2D eigenvalue weighted by molar-refractivity contribution is 0.0412. The summed E-state index contributed by atoms with van der Waals surface area (Å²) < 4.78 is 0. The zero-order chi connectivity index (χ0) is 15.5. The number of rotatable bonds is 4. The Kier molecular flexibility index (Phi) is 5.42. The molecule has 2 N–H and O–H groups in total. The molecule has 0 aliphatic heterocycles. The standard InChI is InChI=1S/C15H23ClN2O2/c1-10(2)18(9-15(4,5)20)14(19)17-13-7-6-12(16)8-11(13)3/h6-8,10,20H,9H2,1-5H3,(H,17,19). The average molecular weight is 299 g/mol. The second-order valence-corrected chi connectivity index (χ2v) is 6.36. The first-order valence-electron chi connectivity index (χ1n) is 6.66. The number of hydrogen-bond donors (Lipinski definition) is 2. The number of benzene rings is 1. The molecule has 1 rings (SSSR count). The summed E-state index contributed by atoms with van der Waals surface area (Å²) in [5, 5.41) is 13.4. The molecule has 4 nitrogen and oxygen atoms in total. The van der Waals surface area contributed by atoms with Crippen LogP contribution in [0.25, 0.3) is 0 Å². The van der Waals surface area contributed by atoms with E-state index < -0.39 is 5.60 Å². The number of urea groups is 1. The molecule has 1 aromatic rings. The minimum Gasteiger partial charge on any atom is -0.389 e. The number of nitrogens with zero attached hydrogens (tertiary/aromatic N) is 1. The van der Waals surface area contributed by atoms with E-state index in [-0.39, 0.29) is 18.6 Å². The summed E-state index contributed by atoms with van der Waals surface area (Å²) in [6, 6.07) is 5.08. The van der Waals surface area contributed by atoms with Crippen molar-refractivity contribution >= 4 is 23.3 Å². The maximum absolute atomic E-state index is 12.3. The number of anilines is 1. The van der Waals surface area contributed by atoms with Gasteiger partial charge in [0, 0.05) is 16.8 Å². The summed E-state index contributed by atoms with van der Waals surface area (Å²) in [5.74, 6) is 0. The highest BCUT2D eigenvalue weighted by atomic mass is 35.5. The van der Waals surface area contributed by atoms with E-state index in [0.717, 1.165) is 11.3 Å². The largest absolute Gasteiger partial charge is 0.389 e. The van der Waals surface area contributed by atoms with Crippen LogP contribution in [0.2, 0.25) is 5.02 Å². The second-order valence-electron chi connectivity index (χ2n) is 5.92. The molecule has 0 saturated heterocycles. The Morgan fingerprint density at radius 1 is 1.45 bits per heavy atom. The van der Waals surface area contributed by atoms with Crippen LogP contribution in [0.5, 0.6) is 0 Å². The summed E-state index contributed by atoms with van der Waals surface area (Å²) in [4.78, 5) is 13.9. The Morgan fingerprint density at radius 2 is 2.05 bits per heavy atom. The van der Waals surface area contributed by atoms with E-state index in [1.807, 2.05) is 20.8 Å². The minimum absolute atomic E-state index is 0.00553. The first-order chi connectivity index (χ1) is 9.10. The molecule has 0 fully saturated rings. The lowest BCUT2D eigenvalue weighted by Crippen LogP contribution is -2.47. The van der Waals surface area contributed by atoms with Crippen molar-refractivity contribution in [2.45, 2.75) is 46.3 Å². The molecule has 2 amide bonds. The first kappa shape index (κ1) is 16.8. The molecule has 20 heavy (non-hydrogen) atoms. The van der Waals surface area contributed by atoms with E-state index in [9.17, 15) is 9.90 Å². The van der Waals surface area contributed by atoms with Gasteiger partial charge in [-0.2, -0.15) is 0 Å². The van der Waals surface area contributed by atoms with Crippen LogP contribution in [0.1, 0.15) is 33.3 Å². The predicted molar refractivity (Wildman–Crippen MR) is 83.3 cm³/mol. The smallest absolute Gasteiger partial charge is 0.322 e. The van der Waals surface area contributed by atoms with Crippen LogP contribution in [0.15, 0.2) is 18.2 Å². The van der Waals surface area contributed by atoms with E-state index in [2.05, 4.69) is 5.32 Å². The van der Waals surface area contributed by atoms with Crippen molar-refractivity contribution in [3.8, 4) is 0 Å². The Bertz CT molecular complexity index is 481. The number of amides is 2. The van der Waals surface area contributed by atoms with Gasteiger partial charge in [-0.25, -0.2) is 4.79 Å². The quantitative estimate of drug-likeness (QED) is 0.891. The molecule has 0 atom stereocenters. The molecule has 5 heteroatoms. The van der Waals surface area contributed by atoms with Crippen molar-refractivity contribution in [1.82, 2.24) is 4.90 Å². The van der Waals surface area contributed by atoms with Crippen molar-refractivity contribution in [3.05, 3.63) is 28.8 Å². The van der Waals surface area contributed by atoms with Crippen LogP contribution in [0, 0.1) is 6.92 Å². The molecule has 0 aliphatic rings. The molecule has 0 aromatic heterocycles. The van der Waals surface area contributed by atoms with Crippen LogP contribution in [0.3, 0.4) is 0 Å². The summed E-state index contributed by atoms with van der Waals surface area (Å²) in [5.41, 5.74) is 0.690. The number of carbonyl (C=O) groups excluding carboxylic acids is 1. The molecule has 0 bridgehead atoms. The molecule has 1 aromatic carbocycles. The van der Waals surface area contributed by atoms with E-state index in [0.29, 0.717) is 5.02 Å². The molecule has 0 aliphatic carbocycles. The van der Waals surface area contributed by atoms with Crippen molar-refractivity contribution < 1.29 is 9.90 Å². The van der Waals surface area contributed by atoms with Gasteiger partial charge in [0.1, 0.15) is 0 Å². The van der Waals surface area contributed by atoms with Gasteiger partial charge in [0.05, 0.1) is 12.1 Å². The Balaban J connectivity index is 2.86. The van der Waals surface area contributed by atoms with E-state index in [4.69, 9.17) is 11.6 Å². The number of nitrogens with one attached hydrogen (secondary N) is 1. The minimum atomic E-state index is -0.934. The first-order valence-corrected chi connectivity index (χ1v) is 7.04. The summed E-state index contributed by atoms with van der Waals surface area (Å²) in [6.07, 6.45) is 0. The number of aryl methyl sites for hydroxylation is 1. The van der Waals surface area contributed by atoms with Gasteiger partial charge in [0.15, 0.2) is 0 Å². The van der Waals surface area contributed by atoms with Crippen molar-refractivity contribution in [1.29, 1.82) is 0 Å². The number of carbonyl (C=O) groups is 1. The monoisotopic (exact) mass is 298 g/mol. The SMILES string of the molecule is Cc1cc(Cl)ccc1NC(=O)N(CC(C)(C)O)C(C)C. The average Bonchev–Trinajstić information content (AvgIpc) is 2.28. The summed E-state index contributed by atoms with van der Waals surface area (Å²) in [7, 11) is 0. The zero-order valence-electron chi connectivity index (χ0n) is 12.7. The molecule has 112 valence electrons. The lowest BCUT2D eigenvalue weighted by atomic mass is 10.1. The van der Waals surface area contributed by atoms with Crippen molar-refractivity contribution in [2.24, 2.45) is 0 Å². The fourth-order valence-corrected chi connectivity index (χ4v) is 2.09. The van der Waals surface area contributed by atoms with Crippen molar-refractivity contribution in [3.63, 3.8) is 0 Å². The van der Waals surface area contributed by atoms with Crippen LogP contribution < -0.4 is 5.32 Å². The van der Waals surface area contributed by atoms with Crippen molar-refractivity contribution in [2.75, 3.05) is 11.9 Å². The normalized spacial score (nSPS) is 11.6. The third-order valence-electron chi connectivity index (χ3n) is 2.87. The fraction of sp³-hybridized carbons (Fsp3) is 0.533. The summed E-state index contributed by atoms with van der Waals surface area (Å²) >= 11 is 5.90. The Labute approximate surface area is 125 Å². The van der Waals surface area contributed by atoms with Gasteiger partial charge in [-0.05, 0) is 58.4 Å². The van der Waals surface area contributed by atoms with Gasteiger partial charge in [-0.1, -0.05) is 11.6 Å². The maximum atomic E-state index is 12.3. The third-order valence-corrected chi connectivity index (χ3v) is 3.11. The zero-order valence-corrected chi connectivity index (χ0v) is 13.5. The fourth-order valence-electron chi connectivity index (χ4n) is 1.86. The number of aliphatic hydroxyl groups is 1. The van der Waals surface area contributed by atoms with E-state index in [1.54, 1.807) is 36.9 Å². The van der Waals surface area contributed by atoms with Gasteiger partial charge in [0.2, 0.25) is 0 Å². The van der Waals surface area contributed by atoms with Gasteiger partial charge < -0.3 is 15.3 Å². The van der Waals surface area contributed by atoms with Gasteiger partial charge in [-0.3, -0.25) is 0 Å². The topological polar surface area (TPSA) is 52.6 Å². The molecule has 0 saturated carbocycles. The van der Waals surface area contributed by atoms with Crippen LogP contribution >= 0.6 is 11.6 Å². The van der Waals surface area contributed by atoms with Crippen LogP contribution in [-0.4, -0.2) is 34.2 Å². The molecular weight excluding hydrogens is 276 g/mol. The Morgan fingerprint density at radius 3 is 2.50 bits per heavy atom. The van der Waals surface area contributed by atoms with Gasteiger partial charge >= 0.3 is 6.03 Å².